The fraction of sp³-hybridized carbons (Fsp3) is 0.188. The first-order chi connectivity index (χ1) is 9.61. The van der Waals surface area contributed by atoms with Crippen LogP contribution >= 0.6 is 23.4 Å². The zero-order valence-electron chi connectivity index (χ0n) is 11.4. The molecule has 2 aromatic rings. The molecule has 0 aliphatic carbocycles. The molecule has 0 aromatic heterocycles. The predicted octanol–water partition coefficient (Wildman–Crippen LogP) is 4.84. The van der Waals surface area contributed by atoms with Gasteiger partial charge in [-0.05, 0) is 36.8 Å². The number of rotatable bonds is 5. The minimum absolute atomic E-state index is 0.0149. The molecule has 0 N–H and O–H groups in total. The number of ether oxygens (including phenoxy) is 1. The molecule has 0 amide bonds. The van der Waals surface area contributed by atoms with Gasteiger partial charge in [0.1, 0.15) is 5.75 Å². The number of benzene rings is 2. The molecule has 0 fully saturated rings. The summed E-state index contributed by atoms with van der Waals surface area (Å²) in [6.07, 6.45) is 0. The van der Waals surface area contributed by atoms with Crippen molar-refractivity contribution in [2.45, 2.75) is 17.6 Å². The van der Waals surface area contributed by atoms with Gasteiger partial charge in [-0.3, -0.25) is 4.79 Å². The lowest BCUT2D eigenvalue weighted by Gasteiger charge is -2.11. The molecule has 0 bridgehead atoms. The summed E-state index contributed by atoms with van der Waals surface area (Å²) in [6.45, 7) is 1.56. The smallest absolute Gasteiger partial charge is 0.164 e. The van der Waals surface area contributed by atoms with Gasteiger partial charge in [0, 0.05) is 15.7 Å². The second kappa shape index (κ2) is 6.82. The van der Waals surface area contributed by atoms with Gasteiger partial charge in [-0.25, -0.2) is 0 Å². The second-order valence-electron chi connectivity index (χ2n) is 4.30. The molecule has 2 rings (SSSR count). The molecule has 20 heavy (non-hydrogen) atoms. The summed E-state index contributed by atoms with van der Waals surface area (Å²) >= 11 is 7.49. The van der Waals surface area contributed by atoms with Crippen LogP contribution in [0.4, 0.5) is 0 Å². The van der Waals surface area contributed by atoms with Gasteiger partial charge in [0.05, 0.1) is 12.7 Å². The number of hydrogen-bond acceptors (Lipinski definition) is 3. The Hall–Kier alpha value is -1.45. The van der Waals surface area contributed by atoms with Gasteiger partial charge in [0.2, 0.25) is 0 Å². The first-order valence-electron chi connectivity index (χ1n) is 6.17. The Labute approximate surface area is 128 Å². The summed E-state index contributed by atoms with van der Waals surface area (Å²) in [7, 11) is 1.58. The van der Waals surface area contributed by atoms with Crippen LogP contribution in [0.5, 0.6) is 5.75 Å². The van der Waals surface area contributed by atoms with Crippen LogP contribution < -0.4 is 4.74 Å². The van der Waals surface area contributed by atoms with E-state index in [1.165, 1.54) is 0 Å². The Balaban J connectivity index is 2.21. The van der Waals surface area contributed by atoms with Crippen molar-refractivity contribution in [3.05, 3.63) is 58.6 Å². The molecule has 4 heteroatoms. The average Bonchev–Trinajstić information content (AvgIpc) is 2.46. The zero-order valence-corrected chi connectivity index (χ0v) is 12.9. The van der Waals surface area contributed by atoms with Crippen molar-refractivity contribution in [1.29, 1.82) is 0 Å². The van der Waals surface area contributed by atoms with Crippen LogP contribution in [0.1, 0.15) is 22.8 Å². The first-order valence-corrected chi connectivity index (χ1v) is 7.53. The quantitative estimate of drug-likeness (QED) is 0.584. The Kier molecular flexibility index (Phi) is 5.10. The molecule has 104 valence electrons. The van der Waals surface area contributed by atoms with Crippen molar-refractivity contribution in [2.24, 2.45) is 0 Å². The summed E-state index contributed by atoms with van der Waals surface area (Å²) in [4.78, 5) is 12.7. The van der Waals surface area contributed by atoms with E-state index in [-0.39, 0.29) is 5.78 Å². The Morgan fingerprint density at radius 1 is 1.20 bits per heavy atom. The summed E-state index contributed by atoms with van der Waals surface area (Å²) in [6, 6.07) is 13.4. The highest BCUT2D eigenvalue weighted by atomic mass is 35.5. The van der Waals surface area contributed by atoms with Gasteiger partial charge in [-0.15, -0.1) is 11.8 Å². The summed E-state index contributed by atoms with van der Waals surface area (Å²) in [5.74, 6) is 1.42. The van der Waals surface area contributed by atoms with E-state index >= 15 is 0 Å². The maximum absolute atomic E-state index is 11.8. The molecule has 0 aliphatic heterocycles. The Morgan fingerprint density at radius 3 is 2.50 bits per heavy atom. The maximum Gasteiger partial charge on any atom is 0.164 e. The molecular formula is C16H15ClO2S. The van der Waals surface area contributed by atoms with Gasteiger partial charge in [-0.1, -0.05) is 29.8 Å². The molecule has 0 aliphatic rings. The van der Waals surface area contributed by atoms with Gasteiger partial charge in [-0.2, -0.15) is 0 Å². The molecule has 0 spiro atoms. The fourth-order valence-corrected chi connectivity index (χ4v) is 3.09. The lowest BCUT2D eigenvalue weighted by Crippen LogP contribution is -2.00. The number of hydrogen-bond donors (Lipinski definition) is 0. The van der Waals surface area contributed by atoms with Crippen molar-refractivity contribution < 1.29 is 9.53 Å². The number of methoxy groups -OCH3 is 1. The van der Waals surface area contributed by atoms with Gasteiger partial charge in [0.15, 0.2) is 5.78 Å². The third-order valence-electron chi connectivity index (χ3n) is 2.87. The highest BCUT2D eigenvalue weighted by molar-refractivity contribution is 7.98. The average molecular weight is 307 g/mol. The standard InChI is InChI=1S/C16H15ClO2S/c1-11(18)16-14(19-2)4-3-5-15(16)20-10-12-6-8-13(17)9-7-12/h3-9H,10H2,1-2H3. The van der Waals surface area contributed by atoms with E-state index in [2.05, 4.69) is 0 Å². The third-order valence-corrected chi connectivity index (χ3v) is 4.25. The van der Waals surface area contributed by atoms with Gasteiger partial charge in [0.25, 0.3) is 0 Å². The van der Waals surface area contributed by atoms with Crippen LogP contribution in [0.25, 0.3) is 0 Å². The van der Waals surface area contributed by atoms with Gasteiger partial charge >= 0.3 is 0 Å². The molecule has 0 heterocycles. The molecule has 0 saturated carbocycles. The van der Waals surface area contributed by atoms with Crippen LogP contribution in [-0.4, -0.2) is 12.9 Å². The molecule has 2 aromatic carbocycles. The number of thioether (sulfide) groups is 1. The van der Waals surface area contributed by atoms with Crippen LogP contribution in [0.2, 0.25) is 5.02 Å². The zero-order chi connectivity index (χ0) is 14.5. The number of ketones is 1. The van der Waals surface area contributed by atoms with E-state index in [0.717, 1.165) is 21.2 Å². The minimum Gasteiger partial charge on any atom is -0.496 e. The van der Waals surface area contributed by atoms with Crippen LogP contribution in [0.15, 0.2) is 47.4 Å². The molecular weight excluding hydrogens is 292 g/mol. The van der Waals surface area contributed by atoms with E-state index in [1.807, 2.05) is 42.5 Å². The van der Waals surface area contributed by atoms with E-state index in [0.29, 0.717) is 11.3 Å². The van der Waals surface area contributed by atoms with Crippen molar-refractivity contribution in [2.75, 3.05) is 7.11 Å². The normalized spacial score (nSPS) is 10.3. The number of carbonyl (C=O) groups is 1. The van der Waals surface area contributed by atoms with Crippen molar-refractivity contribution in [3.8, 4) is 5.75 Å². The highest BCUT2D eigenvalue weighted by Crippen LogP contribution is 2.32. The lowest BCUT2D eigenvalue weighted by atomic mass is 10.1. The van der Waals surface area contributed by atoms with Crippen LogP contribution in [-0.2, 0) is 5.75 Å². The summed E-state index contributed by atoms with van der Waals surface area (Å²) < 4.78 is 5.26. The second-order valence-corrected chi connectivity index (χ2v) is 5.76. The van der Waals surface area contributed by atoms with Gasteiger partial charge < -0.3 is 4.74 Å². The Bertz CT molecular complexity index is 608. The number of Topliss-reactive ketones (excluding diaryl/α,β-unsaturated/α-hetero) is 1. The van der Waals surface area contributed by atoms with Crippen LogP contribution in [0, 0.1) is 0 Å². The molecule has 2 nitrogen and oxygen atoms in total. The minimum atomic E-state index is 0.0149. The Morgan fingerprint density at radius 2 is 1.90 bits per heavy atom. The SMILES string of the molecule is COc1cccc(SCc2ccc(Cl)cc2)c1C(C)=O. The molecule has 0 saturated heterocycles. The molecule has 0 unspecified atom stereocenters. The number of halogens is 1. The highest BCUT2D eigenvalue weighted by Gasteiger charge is 2.13. The van der Waals surface area contributed by atoms with E-state index < -0.39 is 0 Å². The number of carbonyl (C=O) groups excluding carboxylic acids is 1. The molecule has 0 radical (unpaired) electrons. The lowest BCUT2D eigenvalue weighted by molar-refractivity contribution is 0.101. The first kappa shape index (κ1) is 14.9. The third kappa shape index (κ3) is 3.56. The van der Waals surface area contributed by atoms with Crippen molar-refractivity contribution in [3.63, 3.8) is 0 Å². The maximum atomic E-state index is 11.8. The van der Waals surface area contributed by atoms with E-state index in [9.17, 15) is 4.79 Å². The van der Waals surface area contributed by atoms with Crippen LogP contribution in [0.3, 0.4) is 0 Å². The monoisotopic (exact) mass is 306 g/mol. The van der Waals surface area contributed by atoms with E-state index in [4.69, 9.17) is 16.3 Å². The topological polar surface area (TPSA) is 26.3 Å². The molecule has 0 atom stereocenters. The summed E-state index contributed by atoms with van der Waals surface area (Å²) in [5.41, 5.74) is 1.81. The predicted molar refractivity (Wildman–Crippen MR) is 84.0 cm³/mol. The van der Waals surface area contributed by atoms with E-state index in [1.54, 1.807) is 25.8 Å². The largest absolute Gasteiger partial charge is 0.496 e. The summed E-state index contributed by atoms with van der Waals surface area (Å²) in [5, 5.41) is 0.726. The van der Waals surface area contributed by atoms with Crippen molar-refractivity contribution >= 4 is 29.1 Å². The fourth-order valence-electron chi connectivity index (χ4n) is 1.89. The van der Waals surface area contributed by atoms with Crippen molar-refractivity contribution in [1.82, 2.24) is 0 Å².